The van der Waals surface area contributed by atoms with Crippen molar-refractivity contribution in [1.29, 1.82) is 5.26 Å². The number of rotatable bonds is 5. The first-order valence-electron chi connectivity index (χ1n) is 8.32. The molecule has 140 valence electrons. The minimum atomic E-state index is -0.552. The second kappa shape index (κ2) is 7.83. The molecule has 2 rings (SSSR count). The topological polar surface area (TPSA) is 122 Å². The van der Waals surface area contributed by atoms with Crippen LogP contribution in [0.25, 0.3) is 0 Å². The number of aryl methyl sites for hydroxylation is 1. The second-order valence-corrected chi connectivity index (χ2v) is 6.64. The van der Waals surface area contributed by atoms with Gasteiger partial charge in [0.1, 0.15) is 11.6 Å². The van der Waals surface area contributed by atoms with Crippen molar-refractivity contribution in [1.82, 2.24) is 4.57 Å². The fraction of sp³-hybridized carbons (Fsp3) is 0.316. The Morgan fingerprint density at radius 2 is 2.07 bits per heavy atom. The molecule has 0 spiro atoms. The lowest BCUT2D eigenvalue weighted by molar-refractivity contribution is -0.385. The molecule has 0 aliphatic heterocycles. The number of nitro benzene ring substituents is 1. The van der Waals surface area contributed by atoms with Gasteiger partial charge in [0, 0.05) is 24.4 Å². The van der Waals surface area contributed by atoms with Crippen LogP contribution < -0.4 is 5.56 Å². The first-order chi connectivity index (χ1) is 12.7. The van der Waals surface area contributed by atoms with E-state index in [1.54, 1.807) is 26.0 Å². The van der Waals surface area contributed by atoms with Crippen molar-refractivity contribution in [3.8, 4) is 11.9 Å². The van der Waals surface area contributed by atoms with Crippen molar-refractivity contribution in [3.63, 3.8) is 0 Å². The molecule has 0 bridgehead atoms. The zero-order valence-corrected chi connectivity index (χ0v) is 15.6. The predicted octanol–water partition coefficient (Wildman–Crippen LogP) is 3.36. The maximum Gasteiger partial charge on any atom is 0.274 e. The molecule has 1 aromatic carbocycles. The number of benzene rings is 1. The highest BCUT2D eigenvalue weighted by molar-refractivity contribution is 5.87. The largest absolute Gasteiger partial charge is 0.494 e. The third kappa shape index (κ3) is 4.03. The van der Waals surface area contributed by atoms with Crippen LogP contribution in [-0.2, 0) is 6.54 Å². The lowest BCUT2D eigenvalue weighted by Crippen LogP contribution is -2.27. The molecule has 0 amide bonds. The van der Waals surface area contributed by atoms with Crippen LogP contribution in [0.4, 0.5) is 11.4 Å². The number of nitriles is 1. The van der Waals surface area contributed by atoms with Crippen molar-refractivity contribution in [2.75, 3.05) is 0 Å². The zero-order valence-electron chi connectivity index (χ0n) is 15.6. The van der Waals surface area contributed by atoms with Crippen LogP contribution in [0.3, 0.4) is 0 Å². The van der Waals surface area contributed by atoms with Gasteiger partial charge in [-0.3, -0.25) is 24.5 Å². The molecule has 0 atom stereocenters. The number of nitro groups is 1. The molecule has 0 saturated carbocycles. The number of nitrogens with zero attached hydrogens (tertiary/aromatic N) is 4. The molecule has 0 fully saturated rings. The maximum atomic E-state index is 12.4. The van der Waals surface area contributed by atoms with E-state index < -0.39 is 10.5 Å². The standard InChI is InChI=1S/C19H20N4O4/c1-11(2)10-22-18(24)15(8-20)13(4)16(19(22)25)9-21-14-6-5-12(3)17(7-14)23(26)27/h5-7,9,11,25H,10H2,1-4H3. The predicted molar refractivity (Wildman–Crippen MR) is 102 cm³/mol. The molecule has 0 saturated heterocycles. The molecule has 0 radical (unpaired) electrons. The van der Waals surface area contributed by atoms with Gasteiger partial charge >= 0.3 is 0 Å². The van der Waals surface area contributed by atoms with Gasteiger partial charge in [-0.15, -0.1) is 0 Å². The van der Waals surface area contributed by atoms with Crippen LogP contribution in [0, 0.1) is 41.2 Å². The van der Waals surface area contributed by atoms with E-state index in [1.807, 2.05) is 19.9 Å². The zero-order chi connectivity index (χ0) is 20.3. The Kier molecular flexibility index (Phi) is 5.75. The van der Waals surface area contributed by atoms with Gasteiger partial charge in [0.25, 0.3) is 11.2 Å². The van der Waals surface area contributed by atoms with Gasteiger partial charge in [-0.2, -0.15) is 5.26 Å². The maximum absolute atomic E-state index is 12.4. The van der Waals surface area contributed by atoms with E-state index >= 15 is 0 Å². The van der Waals surface area contributed by atoms with Crippen LogP contribution in [0.15, 0.2) is 28.0 Å². The Hall–Kier alpha value is -3.47. The number of pyridine rings is 1. The fourth-order valence-electron chi connectivity index (χ4n) is 2.67. The molecular weight excluding hydrogens is 348 g/mol. The van der Waals surface area contributed by atoms with Crippen LogP contribution in [0.1, 0.15) is 36.1 Å². The van der Waals surface area contributed by atoms with Crippen LogP contribution in [0.5, 0.6) is 5.88 Å². The van der Waals surface area contributed by atoms with E-state index in [-0.39, 0.29) is 35.2 Å². The van der Waals surface area contributed by atoms with Crippen molar-refractivity contribution >= 4 is 17.6 Å². The van der Waals surface area contributed by atoms with E-state index in [2.05, 4.69) is 4.99 Å². The summed E-state index contributed by atoms with van der Waals surface area (Å²) in [6.07, 6.45) is 1.32. The normalized spacial score (nSPS) is 11.1. The fourth-order valence-corrected chi connectivity index (χ4v) is 2.67. The highest BCUT2D eigenvalue weighted by Crippen LogP contribution is 2.26. The highest BCUT2D eigenvalue weighted by atomic mass is 16.6. The molecule has 27 heavy (non-hydrogen) atoms. The quantitative estimate of drug-likeness (QED) is 0.493. The Morgan fingerprint density at radius 1 is 1.41 bits per heavy atom. The van der Waals surface area contributed by atoms with Crippen molar-refractivity contribution in [2.45, 2.75) is 34.2 Å². The summed E-state index contributed by atoms with van der Waals surface area (Å²) in [5.41, 5.74) is 0.698. The first kappa shape index (κ1) is 19.8. The summed E-state index contributed by atoms with van der Waals surface area (Å²) in [5, 5.41) is 30.9. The first-order valence-corrected chi connectivity index (χ1v) is 8.32. The molecule has 1 heterocycles. The number of aromatic nitrogens is 1. The number of hydrogen-bond donors (Lipinski definition) is 1. The van der Waals surface area contributed by atoms with Crippen LogP contribution in [0.2, 0.25) is 0 Å². The van der Waals surface area contributed by atoms with Crippen molar-refractivity contribution < 1.29 is 10.0 Å². The lowest BCUT2D eigenvalue weighted by Gasteiger charge is -2.15. The van der Waals surface area contributed by atoms with Gasteiger partial charge in [0.15, 0.2) is 0 Å². The monoisotopic (exact) mass is 368 g/mol. The summed E-state index contributed by atoms with van der Waals surface area (Å²) >= 11 is 0. The Morgan fingerprint density at radius 3 is 2.63 bits per heavy atom. The minimum Gasteiger partial charge on any atom is -0.494 e. The van der Waals surface area contributed by atoms with Gasteiger partial charge in [0.05, 0.1) is 16.2 Å². The van der Waals surface area contributed by atoms with E-state index in [1.165, 1.54) is 12.3 Å². The molecule has 0 aliphatic carbocycles. The Balaban J connectivity index is 2.61. The number of hydrogen-bond acceptors (Lipinski definition) is 6. The minimum absolute atomic E-state index is 0.0620. The molecule has 8 nitrogen and oxygen atoms in total. The SMILES string of the molecule is Cc1ccc(N=Cc2c(C)c(C#N)c(=O)n(CC(C)C)c2O)cc1[N+](=O)[O-]. The third-order valence-electron chi connectivity index (χ3n) is 4.13. The molecule has 1 aromatic heterocycles. The summed E-state index contributed by atoms with van der Waals surface area (Å²) in [4.78, 5) is 27.2. The van der Waals surface area contributed by atoms with Crippen LogP contribution >= 0.6 is 0 Å². The van der Waals surface area contributed by atoms with Gasteiger partial charge in [0.2, 0.25) is 5.88 Å². The van der Waals surface area contributed by atoms with Crippen molar-refractivity contribution in [2.24, 2.45) is 10.9 Å². The Labute approximate surface area is 156 Å². The Bertz CT molecular complexity index is 1030. The van der Waals surface area contributed by atoms with Gasteiger partial charge in [-0.25, -0.2) is 0 Å². The molecule has 2 aromatic rings. The molecule has 0 aliphatic rings. The summed E-state index contributed by atoms with van der Waals surface area (Å²) in [7, 11) is 0. The lowest BCUT2D eigenvalue weighted by atomic mass is 10.1. The average molecular weight is 368 g/mol. The summed E-state index contributed by atoms with van der Waals surface area (Å²) < 4.78 is 1.15. The van der Waals surface area contributed by atoms with E-state index in [0.717, 1.165) is 4.57 Å². The van der Waals surface area contributed by atoms with E-state index in [0.29, 0.717) is 16.8 Å². The van der Waals surface area contributed by atoms with Gasteiger partial charge < -0.3 is 5.11 Å². The van der Waals surface area contributed by atoms with Crippen molar-refractivity contribution in [3.05, 3.63) is 60.9 Å². The van der Waals surface area contributed by atoms with Crippen LogP contribution in [-0.4, -0.2) is 20.8 Å². The number of aromatic hydroxyl groups is 1. The van der Waals surface area contributed by atoms with E-state index in [4.69, 9.17) is 0 Å². The summed E-state index contributed by atoms with van der Waals surface area (Å²) in [5.74, 6) is -0.206. The third-order valence-corrected chi connectivity index (χ3v) is 4.13. The molecule has 8 heteroatoms. The second-order valence-electron chi connectivity index (χ2n) is 6.64. The van der Waals surface area contributed by atoms with Gasteiger partial charge in [-0.05, 0) is 31.4 Å². The summed E-state index contributed by atoms with van der Waals surface area (Å²) in [6, 6.07) is 6.40. The summed E-state index contributed by atoms with van der Waals surface area (Å²) in [6.45, 7) is 7.20. The average Bonchev–Trinajstić information content (AvgIpc) is 2.60. The molecule has 0 unspecified atom stereocenters. The molecular formula is C19H20N4O4. The molecule has 1 N–H and O–H groups in total. The number of aliphatic imine (C=N–C) groups is 1. The van der Waals surface area contributed by atoms with E-state index in [9.17, 15) is 25.3 Å². The van der Waals surface area contributed by atoms with Gasteiger partial charge in [-0.1, -0.05) is 19.9 Å². The highest BCUT2D eigenvalue weighted by Gasteiger charge is 2.18. The smallest absolute Gasteiger partial charge is 0.274 e.